The predicted molar refractivity (Wildman–Crippen MR) is 102 cm³/mol. The summed E-state index contributed by atoms with van der Waals surface area (Å²) in [5.74, 6) is -1.29. The molecule has 28 heavy (non-hydrogen) atoms. The predicted octanol–water partition coefficient (Wildman–Crippen LogP) is 2.41. The van der Waals surface area contributed by atoms with E-state index < -0.39 is 17.1 Å². The number of carboxylic acids is 1. The van der Waals surface area contributed by atoms with Gasteiger partial charge in [-0.05, 0) is 19.4 Å². The van der Waals surface area contributed by atoms with Crippen LogP contribution in [-0.4, -0.2) is 45.6 Å². The molecule has 1 aliphatic heterocycles. The zero-order valence-corrected chi connectivity index (χ0v) is 16.1. The Kier molecular flexibility index (Phi) is 5.81. The van der Waals surface area contributed by atoms with Crippen molar-refractivity contribution in [2.75, 3.05) is 18.5 Å². The van der Waals surface area contributed by atoms with E-state index in [-0.39, 0.29) is 5.91 Å². The van der Waals surface area contributed by atoms with E-state index in [1.165, 1.54) is 30.9 Å². The number of benzene rings is 1. The summed E-state index contributed by atoms with van der Waals surface area (Å²) >= 11 is 0. The highest BCUT2D eigenvalue weighted by atomic mass is 16.5. The summed E-state index contributed by atoms with van der Waals surface area (Å²) in [5, 5.41) is 16.2. The standard InChI is InChI=1S/C20H25N3O5/c1-19(2,18(25)26)23-13-16(12-21-23)22-17(24)20(8-10-27-11-9-20)28-14-15-6-4-3-5-7-15/h3-7,12-13H,8-11,14H2,1-2H3,(H,22,24)(H,25,26). The van der Waals surface area contributed by atoms with Crippen molar-refractivity contribution in [1.29, 1.82) is 0 Å². The van der Waals surface area contributed by atoms with E-state index >= 15 is 0 Å². The molecular formula is C20H25N3O5. The molecule has 1 fully saturated rings. The van der Waals surface area contributed by atoms with E-state index in [4.69, 9.17) is 9.47 Å². The van der Waals surface area contributed by atoms with Crippen LogP contribution in [-0.2, 0) is 31.2 Å². The summed E-state index contributed by atoms with van der Waals surface area (Å²) in [6.07, 6.45) is 3.84. The Balaban J connectivity index is 1.73. The van der Waals surface area contributed by atoms with Gasteiger partial charge in [0.25, 0.3) is 5.91 Å². The number of nitrogens with one attached hydrogen (secondary N) is 1. The van der Waals surface area contributed by atoms with Crippen molar-refractivity contribution in [2.24, 2.45) is 0 Å². The topological polar surface area (TPSA) is 103 Å². The molecule has 1 aromatic carbocycles. The Bertz CT molecular complexity index is 825. The lowest BCUT2D eigenvalue weighted by Crippen LogP contribution is -2.49. The Hall–Kier alpha value is -2.71. The number of nitrogens with zero attached hydrogens (tertiary/aromatic N) is 2. The molecule has 0 radical (unpaired) electrons. The van der Waals surface area contributed by atoms with Crippen LogP contribution in [0.3, 0.4) is 0 Å². The molecule has 2 N–H and O–H groups in total. The fourth-order valence-electron chi connectivity index (χ4n) is 2.97. The SMILES string of the molecule is CC(C)(C(=O)O)n1cc(NC(=O)C2(OCc3ccccc3)CCOCC2)cn1. The Morgan fingerprint density at radius 3 is 2.61 bits per heavy atom. The van der Waals surface area contributed by atoms with E-state index in [1.54, 1.807) is 0 Å². The molecule has 0 atom stereocenters. The van der Waals surface area contributed by atoms with Crippen LogP contribution in [0.1, 0.15) is 32.3 Å². The van der Waals surface area contributed by atoms with Gasteiger partial charge in [-0.25, -0.2) is 4.79 Å². The van der Waals surface area contributed by atoms with E-state index in [0.717, 1.165) is 5.56 Å². The molecule has 150 valence electrons. The van der Waals surface area contributed by atoms with Crippen LogP contribution in [0.25, 0.3) is 0 Å². The molecule has 0 unspecified atom stereocenters. The smallest absolute Gasteiger partial charge is 0.331 e. The number of carbonyl (C=O) groups is 2. The minimum Gasteiger partial charge on any atom is -0.479 e. The summed E-state index contributed by atoms with van der Waals surface area (Å²) in [7, 11) is 0. The average Bonchev–Trinajstić information content (AvgIpc) is 3.17. The molecule has 0 aliphatic carbocycles. The molecule has 1 aromatic heterocycles. The largest absolute Gasteiger partial charge is 0.479 e. The minimum atomic E-state index is -1.22. The Morgan fingerprint density at radius 1 is 1.29 bits per heavy atom. The van der Waals surface area contributed by atoms with Gasteiger partial charge < -0.3 is 19.9 Å². The molecule has 2 aromatic rings. The number of carboxylic acid groups (broad SMARTS) is 1. The van der Waals surface area contributed by atoms with E-state index in [1.807, 2.05) is 30.3 Å². The maximum Gasteiger partial charge on any atom is 0.331 e. The Morgan fingerprint density at radius 2 is 1.96 bits per heavy atom. The molecule has 0 spiro atoms. The lowest BCUT2D eigenvalue weighted by molar-refractivity contribution is -0.158. The van der Waals surface area contributed by atoms with Crippen molar-refractivity contribution >= 4 is 17.6 Å². The average molecular weight is 387 g/mol. The fourth-order valence-corrected chi connectivity index (χ4v) is 2.97. The third-order valence-electron chi connectivity index (χ3n) is 5.01. The van der Waals surface area contributed by atoms with Crippen molar-refractivity contribution in [2.45, 2.75) is 44.4 Å². The maximum atomic E-state index is 13.1. The lowest BCUT2D eigenvalue weighted by Gasteiger charge is -2.35. The van der Waals surface area contributed by atoms with Gasteiger partial charge in [0.15, 0.2) is 11.1 Å². The number of hydrogen-bond acceptors (Lipinski definition) is 5. The first-order chi connectivity index (χ1) is 13.3. The molecule has 1 aliphatic rings. The molecule has 1 saturated heterocycles. The summed E-state index contributed by atoms with van der Waals surface area (Å²) in [5.41, 5.74) is -0.813. The molecule has 8 nitrogen and oxygen atoms in total. The van der Waals surface area contributed by atoms with Gasteiger partial charge >= 0.3 is 5.97 Å². The first kappa shape index (κ1) is 20.0. The molecule has 0 bridgehead atoms. The number of rotatable bonds is 7. The summed E-state index contributed by atoms with van der Waals surface area (Å²) in [4.78, 5) is 24.4. The quantitative estimate of drug-likeness (QED) is 0.756. The molecule has 8 heteroatoms. The van der Waals surface area contributed by atoms with Crippen LogP contribution >= 0.6 is 0 Å². The van der Waals surface area contributed by atoms with Crippen LogP contribution in [0.5, 0.6) is 0 Å². The van der Waals surface area contributed by atoms with E-state index in [2.05, 4.69) is 10.4 Å². The maximum absolute atomic E-state index is 13.1. The number of carbonyl (C=O) groups excluding carboxylic acids is 1. The van der Waals surface area contributed by atoms with Gasteiger partial charge in [0, 0.05) is 32.3 Å². The number of aromatic nitrogens is 2. The van der Waals surface area contributed by atoms with Gasteiger partial charge in [0.2, 0.25) is 0 Å². The minimum absolute atomic E-state index is 0.278. The van der Waals surface area contributed by atoms with Crippen molar-refractivity contribution < 1.29 is 24.2 Å². The van der Waals surface area contributed by atoms with Crippen LogP contribution in [0, 0.1) is 0 Å². The first-order valence-corrected chi connectivity index (χ1v) is 9.19. The Labute approximate surface area is 163 Å². The van der Waals surface area contributed by atoms with Crippen LogP contribution in [0.15, 0.2) is 42.7 Å². The summed E-state index contributed by atoms with van der Waals surface area (Å²) in [6.45, 7) is 4.27. The highest BCUT2D eigenvalue weighted by Crippen LogP contribution is 2.29. The number of ether oxygens (including phenoxy) is 2. The zero-order chi connectivity index (χ0) is 20.2. The highest BCUT2D eigenvalue weighted by molar-refractivity contribution is 5.97. The zero-order valence-electron chi connectivity index (χ0n) is 16.1. The van der Waals surface area contributed by atoms with Crippen LogP contribution in [0.4, 0.5) is 5.69 Å². The van der Waals surface area contributed by atoms with Crippen LogP contribution < -0.4 is 5.32 Å². The van der Waals surface area contributed by atoms with Gasteiger partial charge in [0.1, 0.15) is 0 Å². The van der Waals surface area contributed by atoms with Crippen LogP contribution in [0.2, 0.25) is 0 Å². The second-order valence-corrected chi connectivity index (χ2v) is 7.37. The van der Waals surface area contributed by atoms with Crippen molar-refractivity contribution in [3.05, 3.63) is 48.3 Å². The van der Waals surface area contributed by atoms with Crippen molar-refractivity contribution in [1.82, 2.24) is 9.78 Å². The lowest BCUT2D eigenvalue weighted by atomic mass is 9.92. The molecule has 1 amide bonds. The van der Waals surface area contributed by atoms with Gasteiger partial charge in [-0.2, -0.15) is 5.10 Å². The van der Waals surface area contributed by atoms with Gasteiger partial charge in [-0.3, -0.25) is 9.48 Å². The normalized spacial score (nSPS) is 16.5. The molecule has 2 heterocycles. The monoisotopic (exact) mass is 387 g/mol. The van der Waals surface area contributed by atoms with E-state index in [9.17, 15) is 14.7 Å². The summed E-state index contributed by atoms with van der Waals surface area (Å²) in [6, 6.07) is 9.67. The molecular weight excluding hydrogens is 362 g/mol. The second kappa shape index (κ2) is 8.12. The van der Waals surface area contributed by atoms with Crippen molar-refractivity contribution in [3.8, 4) is 0 Å². The highest BCUT2D eigenvalue weighted by Gasteiger charge is 2.41. The van der Waals surface area contributed by atoms with Gasteiger partial charge in [-0.15, -0.1) is 0 Å². The second-order valence-electron chi connectivity index (χ2n) is 7.37. The first-order valence-electron chi connectivity index (χ1n) is 9.19. The third kappa shape index (κ3) is 4.23. The van der Waals surface area contributed by atoms with Gasteiger partial charge in [-0.1, -0.05) is 30.3 Å². The number of amides is 1. The number of hydrogen-bond donors (Lipinski definition) is 2. The number of anilines is 1. The van der Waals surface area contributed by atoms with Gasteiger partial charge in [0.05, 0.1) is 18.5 Å². The summed E-state index contributed by atoms with van der Waals surface area (Å²) < 4.78 is 12.8. The van der Waals surface area contributed by atoms with Crippen molar-refractivity contribution in [3.63, 3.8) is 0 Å². The third-order valence-corrected chi connectivity index (χ3v) is 5.01. The van der Waals surface area contributed by atoms with E-state index in [0.29, 0.717) is 38.3 Å². The molecule has 3 rings (SSSR count). The molecule has 0 saturated carbocycles. The fraction of sp³-hybridized carbons (Fsp3) is 0.450. The number of aliphatic carboxylic acids is 1.